The molecule has 2 aromatic rings. The van der Waals surface area contributed by atoms with E-state index in [-0.39, 0.29) is 12.4 Å². The van der Waals surface area contributed by atoms with Crippen LogP contribution < -0.4 is 19.9 Å². The molecule has 2 N–H and O–H groups in total. The van der Waals surface area contributed by atoms with E-state index in [1.807, 2.05) is 13.0 Å². The van der Waals surface area contributed by atoms with Crippen molar-refractivity contribution in [3.63, 3.8) is 0 Å². The van der Waals surface area contributed by atoms with Crippen molar-refractivity contribution in [2.24, 2.45) is 0 Å². The molecule has 22 heavy (non-hydrogen) atoms. The van der Waals surface area contributed by atoms with E-state index in [9.17, 15) is 4.79 Å². The van der Waals surface area contributed by atoms with Crippen LogP contribution in [0.25, 0.3) is 0 Å². The van der Waals surface area contributed by atoms with Gasteiger partial charge in [0.15, 0.2) is 23.9 Å². The Kier molecular flexibility index (Phi) is 4.88. The molecule has 5 heteroatoms. The van der Waals surface area contributed by atoms with Gasteiger partial charge >= 0.3 is 0 Å². The molecule has 0 aliphatic rings. The lowest BCUT2D eigenvalue weighted by Gasteiger charge is -2.11. The highest BCUT2D eigenvalue weighted by atomic mass is 16.5. The number of methoxy groups -OCH3 is 2. The fraction of sp³-hybridized carbons (Fsp3) is 0.235. The summed E-state index contributed by atoms with van der Waals surface area (Å²) in [5.74, 6) is 1.41. The predicted molar refractivity (Wildman–Crippen MR) is 85.0 cm³/mol. The summed E-state index contributed by atoms with van der Waals surface area (Å²) in [4.78, 5) is 12.2. The molecule has 0 aliphatic heterocycles. The number of Topliss-reactive ketones (excluding diaryl/α,β-unsaturated/α-hetero) is 1. The fourth-order valence-corrected chi connectivity index (χ4v) is 2.04. The highest BCUT2D eigenvalue weighted by molar-refractivity contribution is 5.97. The summed E-state index contributed by atoms with van der Waals surface area (Å²) >= 11 is 0. The summed E-state index contributed by atoms with van der Waals surface area (Å²) in [5, 5.41) is 0. The number of rotatable bonds is 6. The van der Waals surface area contributed by atoms with Crippen molar-refractivity contribution in [2.75, 3.05) is 26.6 Å². The Bertz CT molecular complexity index is 682. The SMILES string of the molecule is COc1ccc(C(=O)COc2ccc(C)cc2N)cc1OC. The Morgan fingerprint density at radius 1 is 1.00 bits per heavy atom. The zero-order valence-electron chi connectivity index (χ0n) is 12.9. The van der Waals surface area contributed by atoms with Crippen molar-refractivity contribution < 1.29 is 19.0 Å². The number of ether oxygens (including phenoxy) is 3. The van der Waals surface area contributed by atoms with E-state index < -0.39 is 0 Å². The Morgan fingerprint density at radius 2 is 1.68 bits per heavy atom. The van der Waals surface area contributed by atoms with Gasteiger partial charge in [0.25, 0.3) is 0 Å². The number of ketones is 1. The van der Waals surface area contributed by atoms with Gasteiger partial charge in [-0.1, -0.05) is 6.07 Å². The summed E-state index contributed by atoms with van der Waals surface area (Å²) in [6.45, 7) is 1.84. The van der Waals surface area contributed by atoms with Crippen molar-refractivity contribution in [3.05, 3.63) is 47.5 Å². The average Bonchev–Trinajstić information content (AvgIpc) is 2.53. The third kappa shape index (κ3) is 3.49. The molecular formula is C17H19NO4. The summed E-state index contributed by atoms with van der Waals surface area (Å²) < 4.78 is 15.8. The van der Waals surface area contributed by atoms with Crippen molar-refractivity contribution in [3.8, 4) is 17.2 Å². The molecule has 2 aromatic carbocycles. The highest BCUT2D eigenvalue weighted by Crippen LogP contribution is 2.28. The van der Waals surface area contributed by atoms with Gasteiger partial charge in [-0.15, -0.1) is 0 Å². The first kappa shape index (κ1) is 15.7. The zero-order valence-corrected chi connectivity index (χ0v) is 12.9. The molecule has 2 rings (SSSR count). The van der Waals surface area contributed by atoms with Gasteiger partial charge in [-0.05, 0) is 42.8 Å². The second-order valence-corrected chi connectivity index (χ2v) is 4.82. The third-order valence-electron chi connectivity index (χ3n) is 3.23. The predicted octanol–water partition coefficient (Wildman–Crippen LogP) is 2.86. The first-order valence-corrected chi connectivity index (χ1v) is 6.79. The molecule has 0 fully saturated rings. The maximum Gasteiger partial charge on any atom is 0.200 e. The summed E-state index contributed by atoms with van der Waals surface area (Å²) in [6, 6.07) is 10.4. The first-order chi connectivity index (χ1) is 10.5. The van der Waals surface area contributed by atoms with Crippen LogP contribution in [0.1, 0.15) is 15.9 Å². The Morgan fingerprint density at radius 3 is 2.32 bits per heavy atom. The van der Waals surface area contributed by atoms with Gasteiger partial charge in [0.1, 0.15) is 5.75 Å². The number of hydrogen-bond donors (Lipinski definition) is 1. The molecule has 0 heterocycles. The van der Waals surface area contributed by atoms with Gasteiger partial charge in [-0.3, -0.25) is 4.79 Å². The summed E-state index contributed by atoms with van der Waals surface area (Å²) in [6.07, 6.45) is 0. The third-order valence-corrected chi connectivity index (χ3v) is 3.23. The maximum atomic E-state index is 12.2. The molecule has 0 radical (unpaired) electrons. The van der Waals surface area contributed by atoms with E-state index in [2.05, 4.69) is 0 Å². The standard InChI is InChI=1S/C17H19NO4/c1-11-4-6-15(13(18)8-11)22-10-14(19)12-5-7-16(20-2)17(9-12)21-3/h4-9H,10,18H2,1-3H3. The average molecular weight is 301 g/mol. The molecule has 0 unspecified atom stereocenters. The minimum atomic E-state index is -0.166. The first-order valence-electron chi connectivity index (χ1n) is 6.79. The van der Waals surface area contributed by atoms with Crippen LogP contribution in [0.15, 0.2) is 36.4 Å². The number of hydrogen-bond acceptors (Lipinski definition) is 5. The Balaban J connectivity index is 2.09. The molecule has 0 saturated carbocycles. The van der Waals surface area contributed by atoms with Gasteiger partial charge < -0.3 is 19.9 Å². The Hall–Kier alpha value is -2.69. The number of carbonyl (C=O) groups excluding carboxylic acids is 1. The topological polar surface area (TPSA) is 70.8 Å². The normalized spacial score (nSPS) is 10.1. The van der Waals surface area contributed by atoms with Crippen LogP contribution in [0.2, 0.25) is 0 Å². The van der Waals surface area contributed by atoms with Crippen LogP contribution in [0.3, 0.4) is 0 Å². The largest absolute Gasteiger partial charge is 0.493 e. The van der Waals surface area contributed by atoms with Crippen molar-refractivity contribution in [2.45, 2.75) is 6.92 Å². The molecule has 5 nitrogen and oxygen atoms in total. The van der Waals surface area contributed by atoms with E-state index >= 15 is 0 Å². The van der Waals surface area contributed by atoms with E-state index in [0.29, 0.717) is 28.5 Å². The van der Waals surface area contributed by atoms with Gasteiger partial charge in [0.05, 0.1) is 19.9 Å². The maximum absolute atomic E-state index is 12.2. The lowest BCUT2D eigenvalue weighted by atomic mass is 10.1. The number of anilines is 1. The second kappa shape index (κ2) is 6.85. The lowest BCUT2D eigenvalue weighted by Crippen LogP contribution is -2.12. The number of nitrogens with two attached hydrogens (primary N) is 1. The van der Waals surface area contributed by atoms with Crippen LogP contribution in [0, 0.1) is 6.92 Å². The van der Waals surface area contributed by atoms with Gasteiger partial charge in [0.2, 0.25) is 0 Å². The summed E-state index contributed by atoms with van der Waals surface area (Å²) in [7, 11) is 3.07. The Labute approximate surface area is 129 Å². The number of aryl methyl sites for hydroxylation is 1. The monoisotopic (exact) mass is 301 g/mol. The smallest absolute Gasteiger partial charge is 0.200 e. The van der Waals surface area contributed by atoms with Crippen LogP contribution in [-0.4, -0.2) is 26.6 Å². The molecule has 0 amide bonds. The fourth-order valence-electron chi connectivity index (χ4n) is 2.04. The molecule has 0 bridgehead atoms. The quantitative estimate of drug-likeness (QED) is 0.656. The minimum Gasteiger partial charge on any atom is -0.493 e. The molecular weight excluding hydrogens is 282 g/mol. The zero-order chi connectivity index (χ0) is 16.1. The van der Waals surface area contributed by atoms with Gasteiger partial charge in [-0.25, -0.2) is 0 Å². The minimum absolute atomic E-state index is 0.0945. The molecule has 0 aliphatic carbocycles. The van der Waals surface area contributed by atoms with Crippen LogP contribution >= 0.6 is 0 Å². The molecule has 0 aromatic heterocycles. The van der Waals surface area contributed by atoms with Crippen LogP contribution in [0.4, 0.5) is 5.69 Å². The van der Waals surface area contributed by atoms with Gasteiger partial charge in [0, 0.05) is 5.56 Å². The molecule has 0 spiro atoms. The highest BCUT2D eigenvalue weighted by Gasteiger charge is 2.12. The summed E-state index contributed by atoms with van der Waals surface area (Å²) in [5.41, 5.74) is 7.90. The van der Waals surface area contributed by atoms with Crippen LogP contribution in [0.5, 0.6) is 17.2 Å². The number of benzene rings is 2. The second-order valence-electron chi connectivity index (χ2n) is 4.82. The van der Waals surface area contributed by atoms with E-state index in [1.165, 1.54) is 7.11 Å². The molecule has 0 atom stereocenters. The van der Waals surface area contributed by atoms with E-state index in [0.717, 1.165) is 5.56 Å². The van der Waals surface area contributed by atoms with Crippen molar-refractivity contribution in [1.29, 1.82) is 0 Å². The molecule has 116 valence electrons. The van der Waals surface area contributed by atoms with Gasteiger partial charge in [-0.2, -0.15) is 0 Å². The lowest BCUT2D eigenvalue weighted by molar-refractivity contribution is 0.0921. The van der Waals surface area contributed by atoms with E-state index in [4.69, 9.17) is 19.9 Å². The van der Waals surface area contributed by atoms with Crippen LogP contribution in [-0.2, 0) is 0 Å². The van der Waals surface area contributed by atoms with Crippen molar-refractivity contribution in [1.82, 2.24) is 0 Å². The number of carbonyl (C=O) groups is 1. The molecule has 0 saturated heterocycles. The van der Waals surface area contributed by atoms with E-state index in [1.54, 1.807) is 37.4 Å². The van der Waals surface area contributed by atoms with Crippen molar-refractivity contribution >= 4 is 11.5 Å². The number of nitrogen functional groups attached to an aromatic ring is 1.